The number of aryl methyl sites for hydroxylation is 1. The van der Waals surface area contributed by atoms with E-state index in [1.54, 1.807) is 49.4 Å². The molecule has 4 rings (SSSR count). The van der Waals surface area contributed by atoms with E-state index in [1.807, 2.05) is 42.5 Å². The third-order valence-electron chi connectivity index (χ3n) is 6.35. The van der Waals surface area contributed by atoms with Crippen molar-refractivity contribution in [3.05, 3.63) is 108 Å². The minimum atomic E-state index is -0.840. The lowest BCUT2D eigenvalue weighted by Crippen LogP contribution is -2.51. The Morgan fingerprint density at radius 3 is 2.45 bits per heavy atom. The van der Waals surface area contributed by atoms with E-state index < -0.39 is 23.8 Å². The molecule has 1 heterocycles. The van der Waals surface area contributed by atoms with Crippen molar-refractivity contribution in [1.82, 2.24) is 15.6 Å². The van der Waals surface area contributed by atoms with E-state index in [0.29, 0.717) is 35.9 Å². The van der Waals surface area contributed by atoms with Crippen LogP contribution in [0.2, 0.25) is 0 Å². The molecule has 2 N–H and O–H groups in total. The van der Waals surface area contributed by atoms with Crippen LogP contribution in [-0.2, 0) is 11.2 Å². The molecule has 0 saturated carbocycles. The Kier molecular flexibility index (Phi) is 8.82. The second-order valence-electron chi connectivity index (χ2n) is 9.05. The van der Waals surface area contributed by atoms with Crippen LogP contribution in [0.5, 0.6) is 0 Å². The second-order valence-corrected chi connectivity index (χ2v) is 9.05. The molecular formula is C31H31N3O4. The number of hydrogen-bond donors (Lipinski definition) is 2. The highest BCUT2D eigenvalue weighted by molar-refractivity contribution is 6.02. The number of fused-ring (bicyclic) bond motifs is 1. The number of oxazole rings is 1. The summed E-state index contributed by atoms with van der Waals surface area (Å²) in [4.78, 5) is 43.9. The van der Waals surface area contributed by atoms with Crippen molar-refractivity contribution in [3.63, 3.8) is 0 Å². The number of benzene rings is 3. The summed E-state index contributed by atoms with van der Waals surface area (Å²) in [6.07, 6.45) is 3.83. The third kappa shape index (κ3) is 6.62. The van der Waals surface area contributed by atoms with Crippen molar-refractivity contribution in [2.75, 3.05) is 0 Å². The van der Waals surface area contributed by atoms with Crippen LogP contribution in [0.25, 0.3) is 17.2 Å². The Morgan fingerprint density at radius 1 is 0.947 bits per heavy atom. The Morgan fingerprint density at radius 2 is 1.71 bits per heavy atom. The first-order chi connectivity index (χ1) is 18.5. The van der Waals surface area contributed by atoms with E-state index in [4.69, 9.17) is 4.42 Å². The van der Waals surface area contributed by atoms with Gasteiger partial charge in [0, 0.05) is 5.56 Å². The number of carbonyl (C=O) groups excluding carboxylic acids is 3. The van der Waals surface area contributed by atoms with E-state index in [-0.39, 0.29) is 11.8 Å². The van der Waals surface area contributed by atoms with Crippen molar-refractivity contribution in [1.29, 1.82) is 0 Å². The molecule has 1 aromatic heterocycles. The molecule has 0 aliphatic carbocycles. The van der Waals surface area contributed by atoms with Gasteiger partial charge in [0.25, 0.3) is 11.8 Å². The summed E-state index contributed by atoms with van der Waals surface area (Å²) in [5, 5.41) is 5.68. The van der Waals surface area contributed by atoms with Crippen LogP contribution in [-0.4, -0.2) is 34.7 Å². The van der Waals surface area contributed by atoms with Crippen molar-refractivity contribution in [2.24, 2.45) is 0 Å². The summed E-state index contributed by atoms with van der Waals surface area (Å²) in [6, 6.07) is 22.4. The monoisotopic (exact) mass is 509 g/mol. The maximum absolute atomic E-state index is 13.4. The standard InChI is InChI=1S/C31H31N3O4/c1-3-21-14-10-16-23(20-21)29(36)33-26(18-11-15-22-12-6-5-7-13-22)30(37)32-24(4-2)28(35)31-34-25-17-8-9-19-27(25)38-31/h3,5-10,12-14,16-17,19-20,24,26H,1,4,11,15,18H2,2H3,(H,32,37)(H,33,36)/t24-,26-/m0/s1. The number of rotatable bonds is 12. The average molecular weight is 510 g/mol. The van der Waals surface area contributed by atoms with Gasteiger partial charge in [0.2, 0.25) is 11.7 Å². The SMILES string of the molecule is C=Cc1cccc(C(=O)N[C@@H](CCCc2ccccc2)C(=O)N[C@@H](CC)C(=O)c2nc3ccccc3o2)c1. The quantitative estimate of drug-likeness (QED) is 0.250. The number of ketones is 1. The molecule has 0 unspecified atom stereocenters. The first-order valence-electron chi connectivity index (χ1n) is 12.8. The summed E-state index contributed by atoms with van der Waals surface area (Å²) in [5.41, 5.74) is 3.46. The fourth-order valence-electron chi connectivity index (χ4n) is 4.22. The number of Topliss-reactive ketones (excluding diaryl/α,β-unsaturated/α-hetero) is 1. The van der Waals surface area contributed by atoms with E-state index >= 15 is 0 Å². The van der Waals surface area contributed by atoms with Gasteiger partial charge < -0.3 is 15.1 Å². The highest BCUT2D eigenvalue weighted by atomic mass is 16.4. The first-order valence-corrected chi connectivity index (χ1v) is 12.8. The number of nitrogens with zero attached hydrogens (tertiary/aromatic N) is 1. The molecule has 0 bridgehead atoms. The molecule has 194 valence electrons. The Hall–Kier alpha value is -4.52. The van der Waals surface area contributed by atoms with Gasteiger partial charge in [-0.15, -0.1) is 0 Å². The minimum Gasteiger partial charge on any atom is -0.434 e. The molecule has 7 heteroatoms. The number of nitrogens with one attached hydrogen (secondary N) is 2. The molecule has 0 spiro atoms. The molecule has 3 aromatic carbocycles. The number of para-hydroxylation sites is 2. The number of hydrogen-bond acceptors (Lipinski definition) is 5. The smallest absolute Gasteiger partial charge is 0.266 e. The lowest BCUT2D eigenvalue weighted by atomic mass is 10.0. The number of amides is 2. The van der Waals surface area contributed by atoms with Crippen LogP contribution in [0.1, 0.15) is 58.4 Å². The molecule has 0 saturated heterocycles. The van der Waals surface area contributed by atoms with E-state index in [2.05, 4.69) is 22.2 Å². The number of carbonyl (C=O) groups is 3. The van der Waals surface area contributed by atoms with Crippen LogP contribution < -0.4 is 10.6 Å². The lowest BCUT2D eigenvalue weighted by Gasteiger charge is -2.22. The van der Waals surface area contributed by atoms with Gasteiger partial charge in [0.15, 0.2) is 5.58 Å². The van der Waals surface area contributed by atoms with Crippen molar-refractivity contribution >= 4 is 34.8 Å². The van der Waals surface area contributed by atoms with Crippen molar-refractivity contribution < 1.29 is 18.8 Å². The van der Waals surface area contributed by atoms with Crippen molar-refractivity contribution in [2.45, 2.75) is 44.7 Å². The molecule has 2 atom stereocenters. The van der Waals surface area contributed by atoms with E-state index in [9.17, 15) is 14.4 Å². The molecule has 2 amide bonds. The second kappa shape index (κ2) is 12.6. The van der Waals surface area contributed by atoms with Gasteiger partial charge in [-0.3, -0.25) is 14.4 Å². The Labute approximate surface area is 222 Å². The van der Waals surface area contributed by atoms with Gasteiger partial charge in [0.1, 0.15) is 11.6 Å². The maximum atomic E-state index is 13.4. The molecule has 38 heavy (non-hydrogen) atoms. The topological polar surface area (TPSA) is 101 Å². The first kappa shape index (κ1) is 26.5. The van der Waals surface area contributed by atoms with Crippen LogP contribution in [0, 0.1) is 0 Å². The van der Waals surface area contributed by atoms with E-state index in [1.165, 1.54) is 0 Å². The molecule has 4 aromatic rings. The summed E-state index contributed by atoms with van der Waals surface area (Å²) in [7, 11) is 0. The highest BCUT2D eigenvalue weighted by Crippen LogP contribution is 2.17. The summed E-state index contributed by atoms with van der Waals surface area (Å²) >= 11 is 0. The molecule has 0 aliphatic heterocycles. The van der Waals surface area contributed by atoms with Crippen molar-refractivity contribution in [3.8, 4) is 0 Å². The van der Waals surface area contributed by atoms with Gasteiger partial charge in [-0.2, -0.15) is 0 Å². The van der Waals surface area contributed by atoms with Gasteiger partial charge in [-0.1, -0.05) is 74.2 Å². The largest absolute Gasteiger partial charge is 0.434 e. The Balaban J connectivity index is 1.48. The van der Waals surface area contributed by atoms with Crippen LogP contribution in [0.4, 0.5) is 0 Å². The molecule has 7 nitrogen and oxygen atoms in total. The van der Waals surface area contributed by atoms with Gasteiger partial charge in [-0.25, -0.2) is 4.98 Å². The molecule has 0 aliphatic rings. The molecule has 0 fully saturated rings. The summed E-state index contributed by atoms with van der Waals surface area (Å²) < 4.78 is 5.62. The zero-order valence-electron chi connectivity index (χ0n) is 21.4. The summed E-state index contributed by atoms with van der Waals surface area (Å²) in [5.74, 6) is -1.26. The van der Waals surface area contributed by atoms with Gasteiger partial charge in [0.05, 0.1) is 6.04 Å². The lowest BCUT2D eigenvalue weighted by molar-refractivity contribution is -0.123. The van der Waals surface area contributed by atoms with Crippen LogP contribution >= 0.6 is 0 Å². The Bertz CT molecular complexity index is 1390. The van der Waals surface area contributed by atoms with Gasteiger partial charge >= 0.3 is 0 Å². The molecule has 0 radical (unpaired) electrons. The highest BCUT2D eigenvalue weighted by Gasteiger charge is 2.29. The van der Waals surface area contributed by atoms with Gasteiger partial charge in [-0.05, 0) is 61.1 Å². The molecular weight excluding hydrogens is 478 g/mol. The fourth-order valence-corrected chi connectivity index (χ4v) is 4.22. The number of aromatic nitrogens is 1. The van der Waals surface area contributed by atoms with Crippen LogP contribution in [0.15, 0.2) is 89.9 Å². The zero-order valence-corrected chi connectivity index (χ0v) is 21.4. The van der Waals surface area contributed by atoms with E-state index in [0.717, 1.165) is 17.5 Å². The predicted molar refractivity (Wildman–Crippen MR) is 148 cm³/mol. The zero-order chi connectivity index (χ0) is 26.9. The average Bonchev–Trinajstić information content (AvgIpc) is 3.40. The summed E-state index contributed by atoms with van der Waals surface area (Å²) in [6.45, 7) is 5.55. The minimum absolute atomic E-state index is 0.0516. The van der Waals surface area contributed by atoms with Crippen LogP contribution in [0.3, 0.4) is 0 Å². The maximum Gasteiger partial charge on any atom is 0.266 e. The fraction of sp³-hybridized carbons (Fsp3) is 0.226. The normalized spacial score (nSPS) is 12.4. The third-order valence-corrected chi connectivity index (χ3v) is 6.35. The predicted octanol–water partition coefficient (Wildman–Crippen LogP) is 5.37.